The highest BCUT2D eigenvalue weighted by atomic mass is 35.5. The predicted octanol–water partition coefficient (Wildman–Crippen LogP) is 3.58. The minimum Gasteiger partial charge on any atom is -0.340 e. The third kappa shape index (κ3) is 4.29. The topological polar surface area (TPSA) is 32.3 Å². The number of carbonyl (C=O) groups excluding carboxylic acids is 1. The Labute approximate surface area is 140 Å². The first-order valence-electron chi connectivity index (χ1n) is 6.79. The standard InChI is InChI=1S/C16H19FN2OS.ClH/c1-11-10-14(16(20)19(3)9-8-18-2)21-15(11)12-4-6-13(17)7-5-12;/h4-7,10,18H,8-9H2,1-3H3;1H. The first kappa shape index (κ1) is 18.6. The van der Waals surface area contributed by atoms with Crippen LogP contribution in [0.5, 0.6) is 0 Å². The lowest BCUT2D eigenvalue weighted by atomic mass is 10.1. The van der Waals surface area contributed by atoms with E-state index in [1.54, 1.807) is 24.1 Å². The summed E-state index contributed by atoms with van der Waals surface area (Å²) in [4.78, 5) is 15.8. The SMILES string of the molecule is CNCCN(C)C(=O)c1cc(C)c(-c2ccc(F)cc2)s1.Cl. The Kier molecular flexibility index (Phi) is 7.00. The largest absolute Gasteiger partial charge is 0.340 e. The Morgan fingerprint density at radius 1 is 1.32 bits per heavy atom. The summed E-state index contributed by atoms with van der Waals surface area (Å²) < 4.78 is 13.0. The second-order valence-corrected chi connectivity index (χ2v) is 6.01. The van der Waals surface area contributed by atoms with Crippen molar-refractivity contribution in [3.05, 3.63) is 46.6 Å². The summed E-state index contributed by atoms with van der Waals surface area (Å²) in [6.45, 7) is 3.40. The van der Waals surface area contributed by atoms with Crippen molar-refractivity contribution in [2.24, 2.45) is 0 Å². The smallest absolute Gasteiger partial charge is 0.263 e. The highest BCUT2D eigenvalue weighted by Crippen LogP contribution is 2.32. The van der Waals surface area contributed by atoms with Crippen LogP contribution in [-0.4, -0.2) is 38.0 Å². The number of thiophene rings is 1. The lowest BCUT2D eigenvalue weighted by Gasteiger charge is -2.15. The third-order valence-electron chi connectivity index (χ3n) is 3.28. The number of hydrogen-bond donors (Lipinski definition) is 1. The molecule has 0 aliphatic rings. The van der Waals surface area contributed by atoms with E-state index in [2.05, 4.69) is 5.32 Å². The average Bonchev–Trinajstić information content (AvgIpc) is 2.86. The normalized spacial score (nSPS) is 10.2. The molecule has 0 saturated heterocycles. The second-order valence-electron chi connectivity index (χ2n) is 4.96. The van der Waals surface area contributed by atoms with Gasteiger partial charge in [0.1, 0.15) is 5.82 Å². The zero-order valence-corrected chi connectivity index (χ0v) is 14.5. The van der Waals surface area contributed by atoms with Gasteiger partial charge in [0.25, 0.3) is 5.91 Å². The Morgan fingerprint density at radius 3 is 2.55 bits per heavy atom. The molecule has 1 N–H and O–H groups in total. The molecular weight excluding hydrogens is 323 g/mol. The summed E-state index contributed by atoms with van der Waals surface area (Å²) in [5.74, 6) is -0.234. The minimum absolute atomic E-state index is 0. The van der Waals surface area contributed by atoms with Gasteiger partial charge < -0.3 is 10.2 Å². The molecule has 22 heavy (non-hydrogen) atoms. The van der Waals surface area contributed by atoms with Crippen LogP contribution in [0.4, 0.5) is 4.39 Å². The number of nitrogens with zero attached hydrogens (tertiary/aromatic N) is 1. The van der Waals surface area contributed by atoms with E-state index >= 15 is 0 Å². The van der Waals surface area contributed by atoms with Crippen molar-refractivity contribution >= 4 is 29.7 Å². The molecule has 1 amide bonds. The fraction of sp³-hybridized carbons (Fsp3) is 0.312. The lowest BCUT2D eigenvalue weighted by molar-refractivity contribution is 0.0801. The van der Waals surface area contributed by atoms with Gasteiger partial charge in [-0.25, -0.2) is 4.39 Å². The van der Waals surface area contributed by atoms with Crippen molar-refractivity contribution in [1.82, 2.24) is 10.2 Å². The summed E-state index contributed by atoms with van der Waals surface area (Å²) >= 11 is 1.45. The maximum absolute atomic E-state index is 13.0. The Morgan fingerprint density at radius 2 is 1.95 bits per heavy atom. The molecule has 0 aliphatic heterocycles. The Balaban J connectivity index is 0.00000242. The number of hydrogen-bond acceptors (Lipinski definition) is 3. The van der Waals surface area contributed by atoms with Gasteiger partial charge in [0.2, 0.25) is 0 Å². The van der Waals surface area contributed by atoms with Gasteiger partial charge in [0.05, 0.1) is 4.88 Å². The van der Waals surface area contributed by atoms with Crippen molar-refractivity contribution in [2.75, 3.05) is 27.2 Å². The molecular formula is C16H20ClFN2OS. The summed E-state index contributed by atoms with van der Waals surface area (Å²) in [5, 5.41) is 3.03. The van der Waals surface area contributed by atoms with Crippen LogP contribution in [0.25, 0.3) is 10.4 Å². The monoisotopic (exact) mass is 342 g/mol. The van der Waals surface area contributed by atoms with Gasteiger partial charge in [-0.2, -0.15) is 0 Å². The van der Waals surface area contributed by atoms with E-state index in [-0.39, 0.29) is 24.1 Å². The molecule has 0 unspecified atom stereocenters. The van der Waals surface area contributed by atoms with Gasteiger partial charge in [0.15, 0.2) is 0 Å². The van der Waals surface area contributed by atoms with E-state index < -0.39 is 0 Å². The molecule has 0 fully saturated rings. The van der Waals surface area contributed by atoms with E-state index in [9.17, 15) is 9.18 Å². The molecule has 1 heterocycles. The van der Waals surface area contributed by atoms with Gasteiger partial charge in [-0.15, -0.1) is 23.7 Å². The molecule has 6 heteroatoms. The molecule has 0 aliphatic carbocycles. The molecule has 0 atom stereocenters. The predicted molar refractivity (Wildman–Crippen MR) is 92.6 cm³/mol. The maximum Gasteiger partial charge on any atom is 0.263 e. The van der Waals surface area contributed by atoms with E-state index in [1.165, 1.54) is 23.5 Å². The molecule has 120 valence electrons. The van der Waals surface area contributed by atoms with Gasteiger partial charge in [-0.3, -0.25) is 4.79 Å². The number of likely N-dealkylation sites (N-methyl/N-ethyl adjacent to an activating group) is 2. The first-order valence-corrected chi connectivity index (χ1v) is 7.61. The van der Waals surface area contributed by atoms with Crippen LogP contribution in [0.2, 0.25) is 0 Å². The van der Waals surface area contributed by atoms with E-state index in [0.717, 1.165) is 22.5 Å². The van der Waals surface area contributed by atoms with Gasteiger partial charge in [-0.1, -0.05) is 12.1 Å². The summed E-state index contributed by atoms with van der Waals surface area (Å²) in [6, 6.07) is 8.27. The molecule has 0 radical (unpaired) electrons. The number of nitrogens with one attached hydrogen (secondary N) is 1. The van der Waals surface area contributed by atoms with Gasteiger partial charge in [0, 0.05) is 25.0 Å². The molecule has 2 aromatic rings. The van der Waals surface area contributed by atoms with Crippen molar-refractivity contribution in [3.8, 4) is 10.4 Å². The first-order chi connectivity index (χ1) is 10.0. The van der Waals surface area contributed by atoms with Crippen molar-refractivity contribution < 1.29 is 9.18 Å². The molecule has 0 bridgehead atoms. The van der Waals surface area contributed by atoms with Crippen molar-refractivity contribution in [1.29, 1.82) is 0 Å². The quantitative estimate of drug-likeness (QED) is 0.900. The Hall–Kier alpha value is -1.43. The zero-order valence-electron chi connectivity index (χ0n) is 12.9. The minimum atomic E-state index is -0.254. The number of aryl methyl sites for hydroxylation is 1. The number of halogens is 2. The molecule has 0 spiro atoms. The van der Waals surface area contributed by atoms with E-state index in [0.29, 0.717) is 11.4 Å². The van der Waals surface area contributed by atoms with Crippen molar-refractivity contribution in [3.63, 3.8) is 0 Å². The summed E-state index contributed by atoms with van der Waals surface area (Å²) in [6.07, 6.45) is 0. The van der Waals surface area contributed by atoms with Crippen LogP contribution >= 0.6 is 23.7 Å². The van der Waals surface area contributed by atoms with E-state index in [4.69, 9.17) is 0 Å². The van der Waals surface area contributed by atoms with Crippen LogP contribution < -0.4 is 5.32 Å². The molecule has 3 nitrogen and oxygen atoms in total. The average molecular weight is 343 g/mol. The highest BCUT2D eigenvalue weighted by molar-refractivity contribution is 7.17. The number of amides is 1. The summed E-state index contributed by atoms with van der Waals surface area (Å²) in [5.41, 5.74) is 1.98. The number of benzene rings is 1. The zero-order chi connectivity index (χ0) is 15.4. The maximum atomic E-state index is 13.0. The highest BCUT2D eigenvalue weighted by Gasteiger charge is 2.16. The molecule has 1 aromatic carbocycles. The fourth-order valence-corrected chi connectivity index (χ4v) is 3.22. The molecule has 1 aromatic heterocycles. The summed E-state index contributed by atoms with van der Waals surface area (Å²) in [7, 11) is 3.66. The van der Waals surface area contributed by atoms with Gasteiger partial charge >= 0.3 is 0 Å². The van der Waals surface area contributed by atoms with Gasteiger partial charge in [-0.05, 0) is 43.3 Å². The van der Waals surface area contributed by atoms with E-state index in [1.807, 2.05) is 20.0 Å². The Bertz CT molecular complexity index is 628. The molecule has 2 rings (SSSR count). The van der Waals surface area contributed by atoms with Crippen LogP contribution in [0.15, 0.2) is 30.3 Å². The van der Waals surface area contributed by atoms with Crippen LogP contribution in [-0.2, 0) is 0 Å². The van der Waals surface area contributed by atoms with Crippen molar-refractivity contribution in [2.45, 2.75) is 6.92 Å². The van der Waals surface area contributed by atoms with Crippen LogP contribution in [0, 0.1) is 12.7 Å². The molecule has 0 saturated carbocycles. The lowest BCUT2D eigenvalue weighted by Crippen LogP contribution is -2.32. The third-order valence-corrected chi connectivity index (χ3v) is 4.55. The number of rotatable bonds is 5. The van der Waals surface area contributed by atoms with Crippen LogP contribution in [0.3, 0.4) is 0 Å². The second kappa shape index (κ2) is 8.27. The van der Waals surface area contributed by atoms with Crippen LogP contribution in [0.1, 0.15) is 15.2 Å². The number of carbonyl (C=O) groups is 1. The fourth-order valence-electron chi connectivity index (χ4n) is 2.04.